The average molecular weight is 459 g/mol. The highest BCUT2D eigenvalue weighted by atomic mass is 16.2. The summed E-state index contributed by atoms with van der Waals surface area (Å²) in [6.07, 6.45) is 3.51. The first kappa shape index (κ1) is 23.3. The molecule has 3 N–H and O–H groups in total. The molecule has 0 aliphatic carbocycles. The lowest BCUT2D eigenvalue weighted by molar-refractivity contribution is -0.118. The summed E-state index contributed by atoms with van der Waals surface area (Å²) in [5.74, 6) is -0.869. The van der Waals surface area contributed by atoms with E-state index in [0.717, 1.165) is 24.3 Å². The van der Waals surface area contributed by atoms with E-state index < -0.39 is 17.5 Å². The summed E-state index contributed by atoms with van der Waals surface area (Å²) < 4.78 is 0. The van der Waals surface area contributed by atoms with Crippen molar-refractivity contribution in [2.24, 2.45) is 0 Å². The molecule has 1 saturated heterocycles. The van der Waals surface area contributed by atoms with Crippen LogP contribution in [0, 0.1) is 0 Å². The van der Waals surface area contributed by atoms with Crippen molar-refractivity contribution < 1.29 is 9.59 Å². The first-order valence-electron chi connectivity index (χ1n) is 11.8. The fourth-order valence-electron chi connectivity index (χ4n) is 4.22. The zero-order chi connectivity index (χ0) is 23.9. The molecule has 0 radical (unpaired) electrons. The Bertz CT molecular complexity index is 1200. The monoisotopic (exact) mass is 458 g/mol. The van der Waals surface area contributed by atoms with Gasteiger partial charge in [0.05, 0.1) is 0 Å². The lowest BCUT2D eigenvalue weighted by Crippen LogP contribution is -2.45. The van der Waals surface area contributed by atoms with E-state index in [2.05, 4.69) is 20.5 Å². The van der Waals surface area contributed by atoms with Crippen LogP contribution in [0.1, 0.15) is 43.0 Å². The van der Waals surface area contributed by atoms with Crippen molar-refractivity contribution in [2.75, 3.05) is 23.3 Å². The van der Waals surface area contributed by atoms with Crippen LogP contribution in [-0.4, -0.2) is 35.9 Å². The number of aromatic amines is 1. The quantitative estimate of drug-likeness (QED) is 0.472. The first-order chi connectivity index (χ1) is 16.5. The molecule has 176 valence electrons. The van der Waals surface area contributed by atoms with Crippen LogP contribution in [0.5, 0.6) is 0 Å². The summed E-state index contributed by atoms with van der Waals surface area (Å²) >= 11 is 0. The lowest BCUT2D eigenvalue weighted by atomic mass is 10.1. The van der Waals surface area contributed by atoms with Crippen LogP contribution in [-0.2, 0) is 4.79 Å². The van der Waals surface area contributed by atoms with Gasteiger partial charge in [-0.15, -0.1) is 0 Å². The fourth-order valence-corrected chi connectivity index (χ4v) is 4.22. The Morgan fingerprint density at radius 1 is 1.00 bits per heavy atom. The predicted octanol–water partition coefficient (Wildman–Crippen LogP) is 4.18. The highest BCUT2D eigenvalue weighted by Crippen LogP contribution is 2.23. The minimum Gasteiger partial charge on any atom is -0.371 e. The second-order valence-electron chi connectivity index (χ2n) is 8.53. The van der Waals surface area contributed by atoms with Gasteiger partial charge in [0.1, 0.15) is 11.6 Å². The van der Waals surface area contributed by atoms with Gasteiger partial charge in [0.2, 0.25) is 5.91 Å². The van der Waals surface area contributed by atoms with Gasteiger partial charge in [0, 0.05) is 30.2 Å². The Balaban J connectivity index is 1.45. The number of nitrogens with one attached hydrogen (secondary N) is 3. The molecule has 7 nitrogen and oxygen atoms in total. The van der Waals surface area contributed by atoms with E-state index in [9.17, 15) is 14.4 Å². The van der Waals surface area contributed by atoms with Crippen LogP contribution in [0.25, 0.3) is 11.3 Å². The number of anilines is 2. The number of benzene rings is 2. The fraction of sp³-hybridized carbons (Fsp3) is 0.296. The summed E-state index contributed by atoms with van der Waals surface area (Å²) in [6, 6.07) is 19.6. The van der Waals surface area contributed by atoms with Crippen molar-refractivity contribution in [1.82, 2.24) is 10.3 Å². The Labute approximate surface area is 199 Å². The van der Waals surface area contributed by atoms with E-state index in [-0.39, 0.29) is 11.5 Å². The number of carbonyl (C=O) groups excluding carboxylic acids is 2. The third kappa shape index (κ3) is 5.54. The van der Waals surface area contributed by atoms with E-state index >= 15 is 0 Å². The Kier molecular flexibility index (Phi) is 7.42. The van der Waals surface area contributed by atoms with Gasteiger partial charge in [-0.1, -0.05) is 49.7 Å². The van der Waals surface area contributed by atoms with E-state index in [4.69, 9.17) is 0 Å². The van der Waals surface area contributed by atoms with E-state index in [1.165, 1.54) is 18.9 Å². The number of H-pyrrole nitrogens is 1. The Hall–Kier alpha value is -3.87. The van der Waals surface area contributed by atoms with Crippen molar-refractivity contribution in [3.05, 3.63) is 82.6 Å². The molecule has 1 aromatic heterocycles. The maximum atomic E-state index is 13.0. The van der Waals surface area contributed by atoms with Gasteiger partial charge in [0.15, 0.2) is 0 Å². The van der Waals surface area contributed by atoms with Crippen LogP contribution in [0.3, 0.4) is 0 Å². The molecular formula is C27H30N4O3. The number of hydrogen-bond donors (Lipinski definition) is 3. The molecule has 0 saturated carbocycles. The van der Waals surface area contributed by atoms with Gasteiger partial charge in [-0.05, 0) is 55.2 Å². The number of rotatable bonds is 8. The minimum atomic E-state index is -0.749. The molecule has 1 atom stereocenters. The second kappa shape index (κ2) is 10.8. The van der Waals surface area contributed by atoms with Gasteiger partial charge in [-0.2, -0.15) is 0 Å². The average Bonchev–Trinajstić information content (AvgIpc) is 3.39. The summed E-state index contributed by atoms with van der Waals surface area (Å²) in [4.78, 5) is 43.5. The number of pyridine rings is 1. The molecule has 1 unspecified atom stereocenters. The van der Waals surface area contributed by atoms with Gasteiger partial charge >= 0.3 is 0 Å². The van der Waals surface area contributed by atoms with Gasteiger partial charge in [0.25, 0.3) is 11.5 Å². The molecular weight excluding hydrogens is 428 g/mol. The van der Waals surface area contributed by atoms with Crippen LogP contribution in [0.4, 0.5) is 11.4 Å². The molecule has 3 aromatic rings. The summed E-state index contributed by atoms with van der Waals surface area (Å²) in [5.41, 5.74) is 2.73. The molecule has 1 fully saturated rings. The van der Waals surface area contributed by atoms with Gasteiger partial charge in [-0.3, -0.25) is 14.4 Å². The SMILES string of the molecule is CCCC(NC(=O)c1ccc(-c2ccccc2)[nH]c1=O)C(=O)Nc1cccc(N2CCCC2)c1. The van der Waals surface area contributed by atoms with Crippen molar-refractivity contribution in [2.45, 2.75) is 38.6 Å². The molecule has 1 aliphatic rings. The molecule has 0 spiro atoms. The van der Waals surface area contributed by atoms with E-state index in [1.54, 1.807) is 6.07 Å². The normalized spacial score (nSPS) is 14.0. The number of amides is 2. The van der Waals surface area contributed by atoms with E-state index in [1.807, 2.05) is 61.5 Å². The van der Waals surface area contributed by atoms with Crippen LogP contribution in [0.2, 0.25) is 0 Å². The summed E-state index contributed by atoms with van der Waals surface area (Å²) in [6.45, 7) is 3.98. The van der Waals surface area contributed by atoms with Crippen molar-refractivity contribution in [3.63, 3.8) is 0 Å². The Morgan fingerprint density at radius 2 is 1.76 bits per heavy atom. The molecule has 2 aromatic carbocycles. The van der Waals surface area contributed by atoms with Crippen molar-refractivity contribution in [3.8, 4) is 11.3 Å². The van der Waals surface area contributed by atoms with Crippen LogP contribution in [0.15, 0.2) is 71.5 Å². The zero-order valence-corrected chi connectivity index (χ0v) is 19.3. The van der Waals surface area contributed by atoms with Crippen molar-refractivity contribution in [1.29, 1.82) is 0 Å². The predicted molar refractivity (Wildman–Crippen MR) is 135 cm³/mol. The first-order valence-corrected chi connectivity index (χ1v) is 11.8. The zero-order valence-electron chi connectivity index (χ0n) is 19.3. The molecule has 4 rings (SSSR count). The standard InChI is InChI=1S/C27H30N4O3/c1-2-9-24(27(34)28-20-12-8-13-21(18-20)31-16-6-7-17-31)30-26(33)22-14-15-23(29-25(22)32)19-10-4-3-5-11-19/h3-5,8,10-15,18,24H,2,6-7,9,16-17H2,1H3,(H,28,34)(H,29,32)(H,30,33). The smallest absolute Gasteiger partial charge is 0.261 e. The number of nitrogens with zero attached hydrogens (tertiary/aromatic N) is 1. The summed E-state index contributed by atoms with van der Waals surface area (Å²) in [7, 11) is 0. The second-order valence-corrected chi connectivity index (χ2v) is 8.53. The van der Waals surface area contributed by atoms with E-state index in [0.29, 0.717) is 24.2 Å². The largest absolute Gasteiger partial charge is 0.371 e. The van der Waals surface area contributed by atoms with Gasteiger partial charge in [-0.25, -0.2) is 0 Å². The molecule has 1 aliphatic heterocycles. The topological polar surface area (TPSA) is 94.3 Å². The number of hydrogen-bond acceptors (Lipinski definition) is 4. The highest BCUT2D eigenvalue weighted by Gasteiger charge is 2.23. The number of aromatic nitrogens is 1. The van der Waals surface area contributed by atoms with Crippen molar-refractivity contribution >= 4 is 23.2 Å². The van der Waals surface area contributed by atoms with Crippen LogP contribution < -0.4 is 21.1 Å². The number of carbonyl (C=O) groups is 2. The maximum absolute atomic E-state index is 13.0. The highest BCUT2D eigenvalue weighted by molar-refractivity contribution is 6.01. The Morgan fingerprint density at radius 3 is 2.47 bits per heavy atom. The molecule has 34 heavy (non-hydrogen) atoms. The molecule has 7 heteroatoms. The van der Waals surface area contributed by atoms with Crippen LogP contribution >= 0.6 is 0 Å². The minimum absolute atomic E-state index is 0.0235. The molecule has 2 amide bonds. The van der Waals surface area contributed by atoms with Gasteiger partial charge < -0.3 is 20.5 Å². The third-order valence-corrected chi connectivity index (χ3v) is 6.02. The molecule has 0 bridgehead atoms. The summed E-state index contributed by atoms with van der Waals surface area (Å²) in [5, 5.41) is 5.67. The molecule has 2 heterocycles. The lowest BCUT2D eigenvalue weighted by Gasteiger charge is -2.20. The third-order valence-electron chi connectivity index (χ3n) is 6.02. The maximum Gasteiger partial charge on any atom is 0.261 e.